The molecule has 3 aromatic rings. The second-order valence-electron chi connectivity index (χ2n) is 6.02. The molecule has 4 rings (SSSR count). The Morgan fingerprint density at radius 1 is 1.17 bits per heavy atom. The molecular weight excluding hydrogens is 302 g/mol. The van der Waals surface area contributed by atoms with E-state index in [0.717, 1.165) is 24.8 Å². The second kappa shape index (κ2) is 5.92. The van der Waals surface area contributed by atoms with Gasteiger partial charge >= 0.3 is 0 Å². The zero-order chi connectivity index (χ0) is 16.5. The van der Waals surface area contributed by atoms with Crippen molar-refractivity contribution in [2.75, 3.05) is 0 Å². The van der Waals surface area contributed by atoms with E-state index in [-0.39, 0.29) is 23.1 Å². The molecule has 1 aromatic carbocycles. The van der Waals surface area contributed by atoms with Gasteiger partial charge in [-0.05, 0) is 42.5 Å². The molecule has 0 fully saturated rings. The normalized spacial score (nSPS) is 16.6. The highest BCUT2D eigenvalue weighted by Gasteiger charge is 2.23. The van der Waals surface area contributed by atoms with E-state index in [1.54, 1.807) is 24.4 Å². The molecule has 0 spiro atoms. The van der Waals surface area contributed by atoms with E-state index in [2.05, 4.69) is 16.4 Å². The fourth-order valence-corrected chi connectivity index (χ4v) is 3.32. The molecule has 2 heterocycles. The minimum absolute atomic E-state index is 0.0571. The summed E-state index contributed by atoms with van der Waals surface area (Å²) in [6, 6.07) is 13.4. The molecule has 0 saturated heterocycles. The number of amides is 1. The summed E-state index contributed by atoms with van der Waals surface area (Å²) >= 11 is 0. The third kappa shape index (κ3) is 2.48. The van der Waals surface area contributed by atoms with Gasteiger partial charge in [0.15, 0.2) is 0 Å². The second-order valence-corrected chi connectivity index (χ2v) is 6.02. The van der Waals surface area contributed by atoms with Crippen LogP contribution in [0.25, 0.3) is 5.65 Å². The third-order valence-electron chi connectivity index (χ3n) is 4.53. The molecule has 1 atom stereocenters. The van der Waals surface area contributed by atoms with Crippen molar-refractivity contribution in [1.82, 2.24) is 14.7 Å². The van der Waals surface area contributed by atoms with Gasteiger partial charge in [0.1, 0.15) is 11.2 Å². The summed E-state index contributed by atoms with van der Waals surface area (Å²) < 4.78 is 1.39. The first-order chi connectivity index (χ1) is 11.7. The number of carbonyl (C=O) groups is 1. The number of aromatic nitrogens is 2. The lowest BCUT2D eigenvalue weighted by atomic mass is 9.87. The molecule has 5 nitrogen and oxygen atoms in total. The molecule has 0 saturated carbocycles. The molecule has 1 aliphatic carbocycles. The summed E-state index contributed by atoms with van der Waals surface area (Å²) in [6.45, 7) is 0. The number of rotatable bonds is 2. The largest absolute Gasteiger partial charge is 0.345 e. The Hall–Kier alpha value is -2.95. The van der Waals surface area contributed by atoms with Crippen molar-refractivity contribution in [3.05, 3.63) is 81.9 Å². The number of benzene rings is 1. The van der Waals surface area contributed by atoms with Gasteiger partial charge in [0.2, 0.25) is 0 Å². The first-order valence-electron chi connectivity index (χ1n) is 8.09. The summed E-state index contributed by atoms with van der Waals surface area (Å²) in [5.41, 5.74) is 2.67. The summed E-state index contributed by atoms with van der Waals surface area (Å²) in [6.07, 6.45) is 5.92. The fraction of sp³-hybridized carbons (Fsp3) is 0.211. The van der Waals surface area contributed by atoms with Crippen LogP contribution < -0.4 is 10.9 Å². The monoisotopic (exact) mass is 319 g/mol. The van der Waals surface area contributed by atoms with Crippen LogP contribution in [0.3, 0.4) is 0 Å². The van der Waals surface area contributed by atoms with Gasteiger partial charge in [-0.25, -0.2) is 4.98 Å². The lowest BCUT2D eigenvalue weighted by molar-refractivity contribution is 0.0930. The van der Waals surface area contributed by atoms with Crippen molar-refractivity contribution in [2.45, 2.75) is 25.3 Å². The Bertz CT molecular complexity index is 978. The van der Waals surface area contributed by atoms with Gasteiger partial charge in [0.05, 0.1) is 6.04 Å². The topological polar surface area (TPSA) is 63.5 Å². The van der Waals surface area contributed by atoms with Gasteiger partial charge in [-0.1, -0.05) is 30.3 Å². The van der Waals surface area contributed by atoms with Gasteiger partial charge in [0, 0.05) is 12.4 Å². The summed E-state index contributed by atoms with van der Waals surface area (Å²) in [5.74, 6) is -0.368. The highest BCUT2D eigenvalue weighted by atomic mass is 16.2. The minimum atomic E-state index is -0.368. The van der Waals surface area contributed by atoms with Crippen LogP contribution in [0.2, 0.25) is 0 Å². The van der Waals surface area contributed by atoms with Crippen molar-refractivity contribution in [3.8, 4) is 0 Å². The summed E-state index contributed by atoms with van der Waals surface area (Å²) in [5, 5.41) is 3.00. The Balaban J connectivity index is 1.66. The predicted molar refractivity (Wildman–Crippen MR) is 91.0 cm³/mol. The van der Waals surface area contributed by atoms with Gasteiger partial charge in [-0.15, -0.1) is 0 Å². The Morgan fingerprint density at radius 2 is 2.00 bits per heavy atom. The van der Waals surface area contributed by atoms with Crippen LogP contribution in [-0.2, 0) is 6.42 Å². The van der Waals surface area contributed by atoms with Crippen LogP contribution in [0.5, 0.6) is 0 Å². The maximum atomic E-state index is 12.6. The number of nitrogens with zero attached hydrogens (tertiary/aromatic N) is 2. The smallest absolute Gasteiger partial charge is 0.270 e. The van der Waals surface area contributed by atoms with Crippen molar-refractivity contribution < 1.29 is 4.79 Å². The van der Waals surface area contributed by atoms with Gasteiger partial charge in [0.25, 0.3) is 11.5 Å². The highest BCUT2D eigenvalue weighted by Crippen LogP contribution is 2.29. The van der Waals surface area contributed by atoms with Crippen LogP contribution >= 0.6 is 0 Å². The highest BCUT2D eigenvalue weighted by molar-refractivity contribution is 5.94. The quantitative estimate of drug-likeness (QED) is 0.789. The van der Waals surface area contributed by atoms with Crippen molar-refractivity contribution in [1.29, 1.82) is 0 Å². The molecule has 120 valence electrons. The van der Waals surface area contributed by atoms with Crippen LogP contribution in [0, 0.1) is 0 Å². The average molecular weight is 319 g/mol. The van der Waals surface area contributed by atoms with Gasteiger partial charge < -0.3 is 5.32 Å². The third-order valence-corrected chi connectivity index (χ3v) is 4.53. The van der Waals surface area contributed by atoms with Gasteiger partial charge in [-0.2, -0.15) is 0 Å². The average Bonchev–Trinajstić information content (AvgIpc) is 2.62. The number of nitrogens with one attached hydrogen (secondary N) is 1. The summed E-state index contributed by atoms with van der Waals surface area (Å²) in [4.78, 5) is 29.3. The number of hydrogen-bond acceptors (Lipinski definition) is 3. The van der Waals surface area contributed by atoms with E-state index in [1.807, 2.05) is 18.2 Å². The van der Waals surface area contributed by atoms with E-state index in [0.29, 0.717) is 5.65 Å². The van der Waals surface area contributed by atoms with E-state index in [9.17, 15) is 9.59 Å². The number of aryl methyl sites for hydroxylation is 1. The fourth-order valence-electron chi connectivity index (χ4n) is 3.32. The zero-order valence-corrected chi connectivity index (χ0v) is 13.1. The molecule has 5 heteroatoms. The van der Waals surface area contributed by atoms with E-state index < -0.39 is 0 Å². The molecule has 1 unspecified atom stereocenters. The SMILES string of the molecule is O=C(NC1CCCc2ccccc21)c1cnc2ccccn2c1=O. The van der Waals surface area contributed by atoms with Crippen LogP contribution in [0.15, 0.2) is 59.7 Å². The Kier molecular flexibility index (Phi) is 3.61. The number of carbonyl (C=O) groups excluding carboxylic acids is 1. The van der Waals surface area contributed by atoms with Crippen molar-refractivity contribution in [2.24, 2.45) is 0 Å². The van der Waals surface area contributed by atoms with Crippen LogP contribution in [0.1, 0.15) is 40.4 Å². The Morgan fingerprint density at radius 3 is 2.92 bits per heavy atom. The standard InChI is InChI=1S/C19H17N3O2/c23-18(15-12-20-17-10-3-4-11-22(17)19(15)24)21-16-9-5-7-13-6-1-2-8-14(13)16/h1-4,6,8,10-12,16H,5,7,9H2,(H,21,23). The number of hydrogen-bond donors (Lipinski definition) is 1. The van der Waals surface area contributed by atoms with Crippen molar-refractivity contribution in [3.63, 3.8) is 0 Å². The minimum Gasteiger partial charge on any atom is -0.345 e. The molecule has 1 amide bonds. The first kappa shape index (κ1) is 14.6. The Labute approximate surface area is 139 Å². The van der Waals surface area contributed by atoms with Crippen LogP contribution in [0.4, 0.5) is 0 Å². The maximum absolute atomic E-state index is 12.6. The predicted octanol–water partition coefficient (Wildman–Crippen LogP) is 2.50. The zero-order valence-electron chi connectivity index (χ0n) is 13.1. The first-order valence-corrected chi connectivity index (χ1v) is 8.09. The van der Waals surface area contributed by atoms with Gasteiger partial charge in [-0.3, -0.25) is 14.0 Å². The molecule has 0 radical (unpaired) electrons. The molecule has 2 aromatic heterocycles. The van der Waals surface area contributed by atoms with E-state index in [1.165, 1.54) is 16.2 Å². The maximum Gasteiger partial charge on any atom is 0.270 e. The van der Waals surface area contributed by atoms with Crippen molar-refractivity contribution >= 4 is 11.6 Å². The lowest BCUT2D eigenvalue weighted by Crippen LogP contribution is -2.35. The summed E-state index contributed by atoms with van der Waals surface area (Å²) in [7, 11) is 0. The van der Waals surface area contributed by atoms with E-state index in [4.69, 9.17) is 0 Å². The number of fused-ring (bicyclic) bond motifs is 2. The number of pyridine rings is 1. The molecule has 24 heavy (non-hydrogen) atoms. The molecule has 0 bridgehead atoms. The molecule has 1 aliphatic rings. The molecule has 0 aliphatic heterocycles. The lowest BCUT2D eigenvalue weighted by Gasteiger charge is -2.26. The molecule has 1 N–H and O–H groups in total. The van der Waals surface area contributed by atoms with E-state index >= 15 is 0 Å². The van der Waals surface area contributed by atoms with Crippen LogP contribution in [-0.4, -0.2) is 15.3 Å². The molecular formula is C19H17N3O2.